The number of hydrogen-bond acceptors (Lipinski definition) is 3. The van der Waals surface area contributed by atoms with Crippen LogP contribution in [-0.2, 0) is 0 Å². The number of amides is 2. The monoisotopic (exact) mass is 612 g/mol. The van der Waals surface area contributed by atoms with Crippen LogP contribution in [0.1, 0.15) is 76.0 Å². The van der Waals surface area contributed by atoms with E-state index in [9.17, 15) is 9.59 Å². The van der Waals surface area contributed by atoms with Gasteiger partial charge in [0.1, 0.15) is 11.3 Å². The van der Waals surface area contributed by atoms with E-state index in [1.807, 2.05) is 42.5 Å². The number of nitrogens with one attached hydrogen (secondary N) is 2. The molecule has 4 aromatic rings. The SMILES string of the molecule is CCCCN(C(=O)Nc1c(C(C)C)cccc1C(C)C)c1c(-c2cccc(C#CCBr)c2)c2cccnc2[nH]c1=O. The number of anilines is 2. The fourth-order valence-electron chi connectivity index (χ4n) is 5.05. The highest BCUT2D eigenvalue weighted by Crippen LogP contribution is 2.36. The number of unbranched alkanes of at least 4 members (excludes halogenated alkanes) is 1. The van der Waals surface area contributed by atoms with Crippen molar-refractivity contribution in [1.29, 1.82) is 0 Å². The van der Waals surface area contributed by atoms with E-state index in [1.165, 1.54) is 0 Å². The number of hydrogen-bond donors (Lipinski definition) is 2. The minimum atomic E-state index is -0.365. The van der Waals surface area contributed by atoms with Crippen LogP contribution in [0, 0.1) is 11.8 Å². The first-order valence-electron chi connectivity index (χ1n) is 14.1. The third-order valence-corrected chi connectivity index (χ3v) is 7.35. The van der Waals surface area contributed by atoms with E-state index in [0.717, 1.165) is 46.2 Å². The Kier molecular flexibility index (Phi) is 10.0. The van der Waals surface area contributed by atoms with Gasteiger partial charge in [-0.05, 0) is 59.2 Å². The van der Waals surface area contributed by atoms with E-state index >= 15 is 0 Å². The lowest BCUT2D eigenvalue weighted by molar-refractivity contribution is 0.256. The van der Waals surface area contributed by atoms with Gasteiger partial charge >= 0.3 is 6.03 Å². The number of urea groups is 1. The molecule has 0 saturated carbocycles. The molecule has 6 nitrogen and oxygen atoms in total. The van der Waals surface area contributed by atoms with Gasteiger partial charge in [-0.3, -0.25) is 9.69 Å². The number of aromatic nitrogens is 2. The molecule has 2 heterocycles. The van der Waals surface area contributed by atoms with Crippen molar-refractivity contribution in [2.24, 2.45) is 0 Å². The van der Waals surface area contributed by atoms with Crippen molar-refractivity contribution in [2.75, 3.05) is 22.1 Å². The van der Waals surface area contributed by atoms with E-state index in [4.69, 9.17) is 0 Å². The first-order chi connectivity index (χ1) is 19.8. The first-order valence-corrected chi connectivity index (χ1v) is 15.3. The Morgan fingerprint density at radius 2 is 1.76 bits per heavy atom. The van der Waals surface area contributed by atoms with Crippen molar-refractivity contribution in [3.63, 3.8) is 0 Å². The van der Waals surface area contributed by atoms with Crippen LogP contribution in [0.5, 0.6) is 0 Å². The molecule has 0 spiro atoms. The summed E-state index contributed by atoms with van der Waals surface area (Å²) >= 11 is 3.36. The molecule has 2 aromatic heterocycles. The van der Waals surface area contributed by atoms with Gasteiger partial charge < -0.3 is 10.3 Å². The Bertz CT molecular complexity index is 1640. The Labute approximate surface area is 250 Å². The lowest BCUT2D eigenvalue weighted by Gasteiger charge is -2.27. The van der Waals surface area contributed by atoms with Gasteiger partial charge in [0.05, 0.1) is 5.33 Å². The van der Waals surface area contributed by atoms with Gasteiger partial charge in [-0.2, -0.15) is 0 Å². The Morgan fingerprint density at radius 1 is 1.05 bits per heavy atom. The van der Waals surface area contributed by atoms with Crippen LogP contribution in [0.15, 0.2) is 65.6 Å². The number of aromatic amines is 1. The molecule has 0 saturated heterocycles. The number of carbonyl (C=O) groups is 1. The topological polar surface area (TPSA) is 78.1 Å². The third kappa shape index (κ3) is 6.71. The molecule has 4 rings (SSSR count). The summed E-state index contributed by atoms with van der Waals surface area (Å²) in [4.78, 5) is 37.1. The van der Waals surface area contributed by atoms with Crippen molar-refractivity contribution < 1.29 is 4.79 Å². The summed E-state index contributed by atoms with van der Waals surface area (Å²) in [5.74, 6) is 6.61. The summed E-state index contributed by atoms with van der Waals surface area (Å²) in [7, 11) is 0. The van der Waals surface area contributed by atoms with Gasteiger partial charge in [0, 0.05) is 34.9 Å². The van der Waals surface area contributed by atoms with Gasteiger partial charge in [-0.15, -0.1) is 0 Å². The van der Waals surface area contributed by atoms with Crippen molar-refractivity contribution in [1.82, 2.24) is 9.97 Å². The average molecular weight is 614 g/mol. The van der Waals surface area contributed by atoms with E-state index in [-0.39, 0.29) is 23.4 Å². The Morgan fingerprint density at radius 3 is 2.41 bits per heavy atom. The second-order valence-corrected chi connectivity index (χ2v) is 11.2. The van der Waals surface area contributed by atoms with Crippen LogP contribution in [0.3, 0.4) is 0 Å². The molecule has 0 aliphatic heterocycles. The maximum Gasteiger partial charge on any atom is 0.326 e. The van der Waals surface area contributed by atoms with Crippen molar-refractivity contribution in [3.8, 4) is 23.0 Å². The quantitative estimate of drug-likeness (QED) is 0.155. The summed E-state index contributed by atoms with van der Waals surface area (Å²) in [6, 6.07) is 17.4. The molecule has 0 aliphatic carbocycles. The number of rotatable bonds is 8. The summed E-state index contributed by atoms with van der Waals surface area (Å²) in [6.07, 6.45) is 3.25. The van der Waals surface area contributed by atoms with Crippen LogP contribution in [0.4, 0.5) is 16.2 Å². The molecule has 0 fully saturated rings. The van der Waals surface area contributed by atoms with E-state index in [2.05, 4.69) is 89.8 Å². The summed E-state index contributed by atoms with van der Waals surface area (Å²) in [6.45, 7) is 10.9. The maximum absolute atomic E-state index is 14.3. The molecule has 212 valence electrons. The van der Waals surface area contributed by atoms with Crippen molar-refractivity contribution in [2.45, 2.75) is 59.3 Å². The number of fused-ring (bicyclic) bond motifs is 1. The maximum atomic E-state index is 14.3. The molecule has 2 N–H and O–H groups in total. The highest BCUT2D eigenvalue weighted by molar-refractivity contribution is 9.09. The lowest BCUT2D eigenvalue weighted by Crippen LogP contribution is -2.40. The predicted octanol–water partition coefficient (Wildman–Crippen LogP) is 8.42. The zero-order valence-electron chi connectivity index (χ0n) is 24.3. The average Bonchev–Trinajstić information content (AvgIpc) is 2.96. The summed E-state index contributed by atoms with van der Waals surface area (Å²) < 4.78 is 0. The third-order valence-electron chi connectivity index (χ3n) is 7.07. The molecule has 7 heteroatoms. The normalized spacial score (nSPS) is 11.0. The number of para-hydroxylation sites is 1. The predicted molar refractivity (Wildman–Crippen MR) is 174 cm³/mol. The van der Waals surface area contributed by atoms with Crippen molar-refractivity contribution >= 4 is 44.4 Å². The highest BCUT2D eigenvalue weighted by Gasteiger charge is 2.27. The van der Waals surface area contributed by atoms with E-state index in [1.54, 1.807) is 11.1 Å². The molecular weight excluding hydrogens is 576 g/mol. The summed E-state index contributed by atoms with van der Waals surface area (Å²) in [5.41, 5.74) is 5.63. The van der Waals surface area contributed by atoms with Crippen molar-refractivity contribution in [3.05, 3.63) is 87.8 Å². The largest absolute Gasteiger partial charge is 0.326 e. The second kappa shape index (κ2) is 13.6. The van der Waals surface area contributed by atoms with Gasteiger partial charge in [0.15, 0.2) is 0 Å². The number of halogens is 1. The Hall–Kier alpha value is -3.89. The standard InChI is InChI=1S/C34H37BrN4O2/c1-6-7-20-39(34(41)37-30-26(22(2)3)15-9-16-27(30)23(4)5)31-29(25-14-8-12-24(21-25)13-10-18-35)28-17-11-19-36-32(28)38-33(31)40/h8-9,11-12,14-17,19,21-23H,6-7,18,20H2,1-5H3,(H,37,41)(H,36,38,40). The van der Waals surface area contributed by atoms with E-state index < -0.39 is 0 Å². The van der Waals surface area contributed by atoms with Gasteiger partial charge in [-0.25, -0.2) is 9.78 Å². The van der Waals surface area contributed by atoms with Crippen LogP contribution >= 0.6 is 15.9 Å². The highest BCUT2D eigenvalue weighted by atomic mass is 79.9. The molecule has 0 atom stereocenters. The minimum absolute atomic E-state index is 0.210. The van der Waals surface area contributed by atoms with Gasteiger partial charge in [0.2, 0.25) is 0 Å². The van der Waals surface area contributed by atoms with Gasteiger partial charge in [-0.1, -0.05) is 99.1 Å². The number of pyridine rings is 2. The zero-order valence-corrected chi connectivity index (χ0v) is 25.9. The van der Waals surface area contributed by atoms with Gasteiger partial charge in [0.25, 0.3) is 5.56 Å². The number of benzene rings is 2. The molecule has 0 bridgehead atoms. The molecule has 2 amide bonds. The smallest absolute Gasteiger partial charge is 0.307 e. The van der Waals surface area contributed by atoms with Crippen LogP contribution in [0.25, 0.3) is 22.2 Å². The molecule has 0 aliphatic rings. The molecular formula is C34H37BrN4O2. The van der Waals surface area contributed by atoms with E-state index in [0.29, 0.717) is 28.8 Å². The zero-order chi connectivity index (χ0) is 29.5. The summed E-state index contributed by atoms with van der Waals surface area (Å²) in [5, 5.41) is 4.55. The molecule has 2 aromatic carbocycles. The fraction of sp³-hybridized carbons (Fsp3) is 0.324. The molecule has 41 heavy (non-hydrogen) atoms. The lowest BCUT2D eigenvalue weighted by atomic mass is 9.92. The molecule has 0 unspecified atom stereocenters. The number of H-pyrrole nitrogens is 1. The number of alkyl halides is 1. The first kappa shape index (κ1) is 30.1. The minimum Gasteiger partial charge on any atom is -0.307 e. The fourth-order valence-corrected chi connectivity index (χ4v) is 5.19. The van der Waals surface area contributed by atoms with Crippen LogP contribution in [0.2, 0.25) is 0 Å². The second-order valence-electron chi connectivity index (χ2n) is 10.6. The van der Waals surface area contributed by atoms with Crippen LogP contribution < -0.4 is 15.8 Å². The van der Waals surface area contributed by atoms with Crippen LogP contribution in [-0.4, -0.2) is 27.9 Å². The number of carbonyl (C=O) groups excluding carboxylic acids is 1. The number of nitrogens with zero attached hydrogens (tertiary/aromatic N) is 2. The molecule has 0 radical (unpaired) electrons. The Balaban J connectivity index is 1.95.